The lowest BCUT2D eigenvalue weighted by atomic mass is 9.85. The molecule has 1 aliphatic carbocycles. The van der Waals surface area contributed by atoms with Crippen LogP contribution in [0.15, 0.2) is 24.3 Å². The number of hydrogen-bond donors (Lipinski definition) is 3. The van der Waals surface area contributed by atoms with Crippen LogP contribution in [-0.4, -0.2) is 43.9 Å². The molecule has 7 nitrogen and oxygen atoms in total. The first-order valence-electron chi connectivity index (χ1n) is 7.63. The van der Waals surface area contributed by atoms with Crippen molar-refractivity contribution in [1.29, 1.82) is 0 Å². The van der Waals surface area contributed by atoms with E-state index in [9.17, 15) is 9.59 Å². The van der Waals surface area contributed by atoms with Gasteiger partial charge in [-0.1, -0.05) is 6.07 Å². The molecule has 0 spiro atoms. The zero-order chi connectivity index (χ0) is 16.8. The fourth-order valence-electron chi connectivity index (χ4n) is 2.63. The minimum Gasteiger partial charge on any atom is -0.377 e. The normalized spacial score (nSPS) is 22.8. The van der Waals surface area contributed by atoms with E-state index < -0.39 is 0 Å². The Balaban J connectivity index is 1.87. The first-order chi connectivity index (χ1) is 11.0. The van der Waals surface area contributed by atoms with E-state index in [-0.39, 0.29) is 30.2 Å². The summed E-state index contributed by atoms with van der Waals surface area (Å²) >= 11 is 0. The minimum absolute atomic E-state index is 0.0263. The highest BCUT2D eigenvalue weighted by Gasteiger charge is 2.42. The number of anilines is 2. The van der Waals surface area contributed by atoms with E-state index in [1.165, 1.54) is 6.92 Å². The van der Waals surface area contributed by atoms with E-state index >= 15 is 0 Å². The molecule has 3 amide bonds. The molecule has 3 unspecified atom stereocenters. The molecular weight excluding hydrogens is 298 g/mol. The number of hydrogen-bond acceptors (Lipinski definition) is 4. The highest BCUT2D eigenvalue weighted by molar-refractivity contribution is 5.92. The van der Waals surface area contributed by atoms with Gasteiger partial charge in [-0.3, -0.25) is 4.79 Å². The summed E-state index contributed by atoms with van der Waals surface area (Å²) in [5, 5.41) is 8.29. The van der Waals surface area contributed by atoms with Gasteiger partial charge in [-0.05, 0) is 31.5 Å². The van der Waals surface area contributed by atoms with Gasteiger partial charge in [-0.25, -0.2) is 4.79 Å². The quantitative estimate of drug-likeness (QED) is 0.747. The SMILES string of the molecule is CCOC1CC(NC(=O)Nc2cccc(NC(C)=O)c2)C1OC. The summed E-state index contributed by atoms with van der Waals surface area (Å²) in [5.74, 6) is -0.161. The number of amides is 3. The molecule has 126 valence electrons. The molecule has 1 aliphatic rings. The molecule has 0 aromatic heterocycles. The lowest BCUT2D eigenvalue weighted by molar-refractivity contribution is -0.128. The van der Waals surface area contributed by atoms with Crippen LogP contribution in [0.3, 0.4) is 0 Å². The van der Waals surface area contributed by atoms with Gasteiger partial charge in [-0.2, -0.15) is 0 Å². The van der Waals surface area contributed by atoms with Gasteiger partial charge in [0.15, 0.2) is 0 Å². The number of rotatable bonds is 6. The molecule has 1 aromatic rings. The summed E-state index contributed by atoms with van der Waals surface area (Å²) in [5.41, 5.74) is 1.23. The molecule has 1 aromatic carbocycles. The Hall–Kier alpha value is -2.12. The van der Waals surface area contributed by atoms with Crippen molar-refractivity contribution < 1.29 is 19.1 Å². The Labute approximate surface area is 135 Å². The van der Waals surface area contributed by atoms with Crippen LogP contribution in [0.25, 0.3) is 0 Å². The van der Waals surface area contributed by atoms with E-state index in [0.29, 0.717) is 18.0 Å². The van der Waals surface area contributed by atoms with Crippen molar-refractivity contribution in [2.24, 2.45) is 0 Å². The Kier molecular flexibility index (Phi) is 5.95. The average Bonchev–Trinajstić information content (AvgIpc) is 2.46. The van der Waals surface area contributed by atoms with Gasteiger partial charge in [0.1, 0.15) is 6.10 Å². The molecule has 23 heavy (non-hydrogen) atoms. The fourth-order valence-corrected chi connectivity index (χ4v) is 2.63. The molecule has 3 N–H and O–H groups in total. The second-order valence-electron chi connectivity index (χ2n) is 5.40. The van der Waals surface area contributed by atoms with E-state index in [4.69, 9.17) is 9.47 Å². The first kappa shape index (κ1) is 17.2. The third-order valence-electron chi connectivity index (χ3n) is 3.66. The zero-order valence-electron chi connectivity index (χ0n) is 13.6. The highest BCUT2D eigenvalue weighted by Crippen LogP contribution is 2.27. The van der Waals surface area contributed by atoms with E-state index in [0.717, 1.165) is 6.42 Å². The van der Waals surface area contributed by atoms with E-state index in [1.54, 1.807) is 31.4 Å². The molecule has 0 heterocycles. The van der Waals surface area contributed by atoms with Gasteiger partial charge in [0, 0.05) is 32.0 Å². The lowest BCUT2D eigenvalue weighted by Gasteiger charge is -2.43. The van der Waals surface area contributed by atoms with Crippen molar-refractivity contribution >= 4 is 23.3 Å². The van der Waals surface area contributed by atoms with Crippen LogP contribution in [0.5, 0.6) is 0 Å². The first-order valence-corrected chi connectivity index (χ1v) is 7.63. The van der Waals surface area contributed by atoms with Gasteiger partial charge >= 0.3 is 6.03 Å². The summed E-state index contributed by atoms with van der Waals surface area (Å²) in [6.45, 7) is 3.99. The van der Waals surface area contributed by atoms with E-state index in [2.05, 4.69) is 16.0 Å². The molecule has 1 saturated carbocycles. The van der Waals surface area contributed by atoms with Gasteiger partial charge in [0.05, 0.1) is 12.1 Å². The van der Waals surface area contributed by atoms with Gasteiger partial charge in [-0.15, -0.1) is 0 Å². The van der Waals surface area contributed by atoms with E-state index in [1.807, 2.05) is 6.92 Å². The summed E-state index contributed by atoms with van der Waals surface area (Å²) in [4.78, 5) is 23.1. The molecular formula is C16H23N3O4. The monoisotopic (exact) mass is 321 g/mol. The predicted octanol–water partition coefficient (Wildman–Crippen LogP) is 1.96. The molecule has 0 radical (unpaired) electrons. The maximum Gasteiger partial charge on any atom is 0.319 e. The van der Waals surface area contributed by atoms with Crippen molar-refractivity contribution in [3.8, 4) is 0 Å². The molecule has 1 fully saturated rings. The van der Waals surface area contributed by atoms with Crippen LogP contribution in [0, 0.1) is 0 Å². The lowest BCUT2D eigenvalue weighted by Crippen LogP contribution is -2.61. The van der Waals surface area contributed by atoms with Crippen LogP contribution >= 0.6 is 0 Å². The molecule has 0 bridgehead atoms. The minimum atomic E-state index is -0.313. The van der Waals surface area contributed by atoms with Gasteiger partial charge in [0.2, 0.25) is 5.91 Å². The Morgan fingerprint density at radius 3 is 2.57 bits per heavy atom. The average molecular weight is 321 g/mol. The van der Waals surface area contributed by atoms with Crippen LogP contribution in [-0.2, 0) is 14.3 Å². The Bertz CT molecular complexity index is 564. The van der Waals surface area contributed by atoms with Crippen LogP contribution < -0.4 is 16.0 Å². The third kappa shape index (κ3) is 4.67. The number of benzene rings is 1. The Morgan fingerprint density at radius 1 is 1.26 bits per heavy atom. The molecule has 3 atom stereocenters. The third-order valence-corrected chi connectivity index (χ3v) is 3.66. The van der Waals surface area contributed by atoms with Crippen molar-refractivity contribution in [1.82, 2.24) is 5.32 Å². The number of nitrogens with one attached hydrogen (secondary N) is 3. The maximum atomic E-state index is 12.1. The van der Waals surface area contributed by atoms with Crippen LogP contribution in [0.4, 0.5) is 16.2 Å². The smallest absolute Gasteiger partial charge is 0.319 e. The summed E-state index contributed by atoms with van der Waals surface area (Å²) in [6.07, 6.45) is 0.621. The summed E-state index contributed by atoms with van der Waals surface area (Å²) < 4.78 is 10.9. The largest absolute Gasteiger partial charge is 0.377 e. The van der Waals surface area contributed by atoms with Gasteiger partial charge < -0.3 is 25.4 Å². The number of carbonyl (C=O) groups excluding carboxylic acids is 2. The molecule has 7 heteroatoms. The Morgan fingerprint density at radius 2 is 1.96 bits per heavy atom. The molecule has 0 aliphatic heterocycles. The molecule has 2 rings (SSSR count). The van der Waals surface area contributed by atoms with Gasteiger partial charge in [0.25, 0.3) is 0 Å². The number of ether oxygens (including phenoxy) is 2. The maximum absolute atomic E-state index is 12.1. The van der Waals surface area contributed by atoms with Crippen molar-refractivity contribution in [2.75, 3.05) is 24.4 Å². The summed E-state index contributed by atoms with van der Waals surface area (Å²) in [6, 6.07) is 6.57. The number of carbonyl (C=O) groups is 2. The standard InChI is InChI=1S/C16H23N3O4/c1-4-23-14-9-13(15(14)22-3)19-16(21)18-12-7-5-6-11(8-12)17-10(2)20/h5-8,13-15H,4,9H2,1-3H3,(H,17,20)(H2,18,19,21). The number of urea groups is 1. The number of methoxy groups -OCH3 is 1. The molecule has 0 saturated heterocycles. The zero-order valence-corrected chi connectivity index (χ0v) is 13.6. The van der Waals surface area contributed by atoms with Crippen molar-refractivity contribution in [2.45, 2.75) is 38.5 Å². The highest BCUT2D eigenvalue weighted by atomic mass is 16.5. The second kappa shape index (κ2) is 7.94. The van der Waals surface area contributed by atoms with Crippen molar-refractivity contribution in [3.05, 3.63) is 24.3 Å². The van der Waals surface area contributed by atoms with Crippen molar-refractivity contribution in [3.63, 3.8) is 0 Å². The predicted molar refractivity (Wildman–Crippen MR) is 87.5 cm³/mol. The van der Waals surface area contributed by atoms with Crippen LogP contribution in [0.1, 0.15) is 20.3 Å². The fraction of sp³-hybridized carbons (Fsp3) is 0.500. The van der Waals surface area contributed by atoms with Crippen LogP contribution in [0.2, 0.25) is 0 Å². The summed E-state index contributed by atoms with van der Waals surface area (Å²) in [7, 11) is 1.61. The second-order valence-corrected chi connectivity index (χ2v) is 5.40. The topological polar surface area (TPSA) is 88.7 Å².